The Morgan fingerprint density at radius 3 is 2.69 bits per heavy atom. The van der Waals surface area contributed by atoms with Crippen molar-refractivity contribution in [3.05, 3.63) is 27.7 Å². The number of aryl methyl sites for hydroxylation is 2. The van der Waals surface area contributed by atoms with Crippen LogP contribution in [0.3, 0.4) is 0 Å². The SMILES string of the molecule is CCn1nc(C)c(-c2csc(CN)c2)c1C. The lowest BCUT2D eigenvalue weighted by Gasteiger charge is -2.00. The van der Waals surface area contributed by atoms with Crippen molar-refractivity contribution in [1.29, 1.82) is 0 Å². The second-order valence-electron chi connectivity index (χ2n) is 3.87. The molecule has 2 aromatic heterocycles. The molecule has 0 unspecified atom stereocenters. The van der Waals surface area contributed by atoms with Gasteiger partial charge in [0.15, 0.2) is 0 Å². The van der Waals surface area contributed by atoms with Gasteiger partial charge in [-0.05, 0) is 37.8 Å². The van der Waals surface area contributed by atoms with Crippen LogP contribution in [-0.2, 0) is 13.1 Å². The minimum Gasteiger partial charge on any atom is -0.326 e. The first-order valence-electron chi connectivity index (χ1n) is 5.49. The van der Waals surface area contributed by atoms with Crippen LogP contribution in [0.15, 0.2) is 11.4 Å². The fourth-order valence-corrected chi connectivity index (χ4v) is 2.80. The molecule has 0 amide bonds. The minimum absolute atomic E-state index is 0.616. The molecule has 0 fully saturated rings. The molecule has 0 saturated heterocycles. The van der Waals surface area contributed by atoms with E-state index < -0.39 is 0 Å². The van der Waals surface area contributed by atoms with E-state index in [1.807, 2.05) is 4.68 Å². The van der Waals surface area contributed by atoms with Crippen LogP contribution in [-0.4, -0.2) is 9.78 Å². The smallest absolute Gasteiger partial charge is 0.0675 e. The van der Waals surface area contributed by atoms with Gasteiger partial charge in [-0.25, -0.2) is 0 Å². The van der Waals surface area contributed by atoms with Crippen LogP contribution in [0.4, 0.5) is 0 Å². The Bertz CT molecular complexity index is 496. The molecule has 3 nitrogen and oxygen atoms in total. The summed E-state index contributed by atoms with van der Waals surface area (Å²) < 4.78 is 2.05. The lowest BCUT2D eigenvalue weighted by Crippen LogP contribution is -1.98. The molecule has 0 radical (unpaired) electrons. The third-order valence-electron chi connectivity index (χ3n) is 2.82. The van der Waals surface area contributed by atoms with E-state index in [0.29, 0.717) is 6.54 Å². The van der Waals surface area contributed by atoms with Crippen molar-refractivity contribution in [3.8, 4) is 11.1 Å². The topological polar surface area (TPSA) is 43.8 Å². The Labute approximate surface area is 99.9 Å². The molecule has 0 aromatic carbocycles. The van der Waals surface area contributed by atoms with Crippen LogP contribution < -0.4 is 5.73 Å². The molecular formula is C12H17N3S. The number of nitrogens with zero attached hydrogens (tertiary/aromatic N) is 2. The molecule has 0 bridgehead atoms. The standard InChI is InChI=1S/C12H17N3S/c1-4-15-9(3)12(8(2)14-15)10-5-11(6-13)16-7-10/h5,7H,4,6,13H2,1-3H3. The first kappa shape index (κ1) is 11.4. The van der Waals surface area contributed by atoms with E-state index in [1.54, 1.807) is 11.3 Å². The van der Waals surface area contributed by atoms with E-state index in [2.05, 4.69) is 37.3 Å². The highest BCUT2D eigenvalue weighted by Gasteiger charge is 2.13. The predicted octanol–water partition coefficient (Wildman–Crippen LogP) is 2.71. The van der Waals surface area contributed by atoms with E-state index in [9.17, 15) is 0 Å². The zero-order valence-corrected chi connectivity index (χ0v) is 10.8. The summed E-state index contributed by atoms with van der Waals surface area (Å²) in [6.45, 7) is 7.83. The van der Waals surface area contributed by atoms with Gasteiger partial charge in [0.1, 0.15) is 0 Å². The molecule has 0 spiro atoms. The van der Waals surface area contributed by atoms with Crippen LogP contribution in [0.25, 0.3) is 11.1 Å². The molecule has 2 heterocycles. The maximum Gasteiger partial charge on any atom is 0.0675 e. The summed E-state index contributed by atoms with van der Waals surface area (Å²) in [6, 6.07) is 2.17. The Balaban J connectivity index is 2.50. The Hall–Kier alpha value is -1.13. The molecule has 0 aliphatic heterocycles. The number of thiophene rings is 1. The van der Waals surface area contributed by atoms with E-state index in [4.69, 9.17) is 5.73 Å². The summed E-state index contributed by atoms with van der Waals surface area (Å²) in [4.78, 5) is 1.22. The summed E-state index contributed by atoms with van der Waals surface area (Å²) in [6.07, 6.45) is 0. The summed E-state index contributed by atoms with van der Waals surface area (Å²) >= 11 is 1.72. The normalized spacial score (nSPS) is 11.0. The van der Waals surface area contributed by atoms with Gasteiger partial charge in [0.05, 0.1) is 5.69 Å². The van der Waals surface area contributed by atoms with Crippen molar-refractivity contribution in [2.24, 2.45) is 5.73 Å². The average Bonchev–Trinajstić information content (AvgIpc) is 2.83. The number of hydrogen-bond donors (Lipinski definition) is 1. The van der Waals surface area contributed by atoms with Gasteiger partial charge in [-0.3, -0.25) is 4.68 Å². The molecule has 86 valence electrons. The molecule has 0 aliphatic rings. The van der Waals surface area contributed by atoms with Gasteiger partial charge in [-0.2, -0.15) is 5.10 Å². The van der Waals surface area contributed by atoms with Crippen molar-refractivity contribution >= 4 is 11.3 Å². The summed E-state index contributed by atoms with van der Waals surface area (Å²) in [5.41, 5.74) is 10.5. The van der Waals surface area contributed by atoms with Crippen molar-refractivity contribution in [2.75, 3.05) is 0 Å². The monoisotopic (exact) mass is 235 g/mol. The van der Waals surface area contributed by atoms with Gasteiger partial charge in [-0.1, -0.05) is 0 Å². The maximum absolute atomic E-state index is 5.64. The average molecular weight is 235 g/mol. The lowest BCUT2D eigenvalue weighted by molar-refractivity contribution is 0.634. The molecule has 2 rings (SSSR count). The fraction of sp³-hybridized carbons (Fsp3) is 0.417. The van der Waals surface area contributed by atoms with E-state index in [1.165, 1.54) is 21.7 Å². The van der Waals surface area contributed by atoms with Crippen molar-refractivity contribution in [3.63, 3.8) is 0 Å². The van der Waals surface area contributed by atoms with Crippen LogP contribution in [0.1, 0.15) is 23.2 Å². The molecule has 16 heavy (non-hydrogen) atoms. The third-order valence-corrected chi connectivity index (χ3v) is 3.78. The van der Waals surface area contributed by atoms with Gasteiger partial charge in [0, 0.05) is 29.2 Å². The predicted molar refractivity (Wildman–Crippen MR) is 68.6 cm³/mol. The number of rotatable bonds is 3. The molecule has 2 N–H and O–H groups in total. The quantitative estimate of drug-likeness (QED) is 0.889. The van der Waals surface area contributed by atoms with Crippen molar-refractivity contribution in [1.82, 2.24) is 9.78 Å². The molecule has 0 atom stereocenters. The number of hydrogen-bond acceptors (Lipinski definition) is 3. The molecule has 2 aromatic rings. The Morgan fingerprint density at radius 2 is 2.19 bits per heavy atom. The van der Waals surface area contributed by atoms with E-state index in [-0.39, 0.29) is 0 Å². The third kappa shape index (κ3) is 1.79. The Kier molecular flexibility index (Phi) is 3.12. The van der Waals surface area contributed by atoms with Gasteiger partial charge in [-0.15, -0.1) is 11.3 Å². The summed E-state index contributed by atoms with van der Waals surface area (Å²) in [5.74, 6) is 0. The molecule has 0 aliphatic carbocycles. The van der Waals surface area contributed by atoms with Gasteiger partial charge in [0.25, 0.3) is 0 Å². The first-order chi connectivity index (χ1) is 7.67. The lowest BCUT2D eigenvalue weighted by atomic mass is 10.1. The molecular weight excluding hydrogens is 218 g/mol. The number of aromatic nitrogens is 2. The summed E-state index contributed by atoms with van der Waals surface area (Å²) in [7, 11) is 0. The van der Waals surface area contributed by atoms with Gasteiger partial charge < -0.3 is 5.73 Å². The van der Waals surface area contributed by atoms with E-state index >= 15 is 0 Å². The van der Waals surface area contributed by atoms with Crippen LogP contribution in [0.2, 0.25) is 0 Å². The second kappa shape index (κ2) is 4.39. The highest BCUT2D eigenvalue weighted by Crippen LogP contribution is 2.30. The van der Waals surface area contributed by atoms with Gasteiger partial charge >= 0.3 is 0 Å². The summed E-state index contributed by atoms with van der Waals surface area (Å²) in [5, 5.41) is 6.70. The van der Waals surface area contributed by atoms with Crippen LogP contribution in [0.5, 0.6) is 0 Å². The first-order valence-corrected chi connectivity index (χ1v) is 6.37. The second-order valence-corrected chi connectivity index (χ2v) is 4.86. The highest BCUT2D eigenvalue weighted by atomic mass is 32.1. The fourth-order valence-electron chi connectivity index (χ4n) is 2.04. The van der Waals surface area contributed by atoms with Crippen LogP contribution in [0, 0.1) is 13.8 Å². The Morgan fingerprint density at radius 1 is 1.44 bits per heavy atom. The molecule has 0 saturated carbocycles. The van der Waals surface area contributed by atoms with Gasteiger partial charge in [0.2, 0.25) is 0 Å². The van der Waals surface area contributed by atoms with Crippen LogP contribution >= 0.6 is 11.3 Å². The zero-order valence-electron chi connectivity index (χ0n) is 9.95. The van der Waals surface area contributed by atoms with Crippen molar-refractivity contribution in [2.45, 2.75) is 33.9 Å². The van der Waals surface area contributed by atoms with E-state index in [0.717, 1.165) is 12.2 Å². The molecule has 4 heteroatoms. The highest BCUT2D eigenvalue weighted by molar-refractivity contribution is 7.10. The van der Waals surface area contributed by atoms with Crippen molar-refractivity contribution < 1.29 is 0 Å². The zero-order chi connectivity index (χ0) is 11.7. The maximum atomic E-state index is 5.64. The number of nitrogens with two attached hydrogens (primary N) is 1. The minimum atomic E-state index is 0.616. The largest absolute Gasteiger partial charge is 0.326 e.